The highest BCUT2D eigenvalue weighted by atomic mass is 32.2. The number of nitrogens with one attached hydrogen (secondary N) is 1. The molecule has 0 unspecified atom stereocenters. The lowest BCUT2D eigenvalue weighted by Crippen LogP contribution is -2.53. The third kappa shape index (κ3) is 8.94. The van der Waals surface area contributed by atoms with E-state index in [-0.39, 0.29) is 29.5 Å². The smallest absolute Gasteiger partial charge is 0.264 e. The Bertz CT molecular complexity index is 1680. The summed E-state index contributed by atoms with van der Waals surface area (Å²) in [4.78, 5) is 29.5. The van der Waals surface area contributed by atoms with Crippen molar-refractivity contribution in [2.24, 2.45) is 0 Å². The highest BCUT2D eigenvalue weighted by Gasteiger charge is 2.34. The molecule has 0 bridgehead atoms. The Kier molecular flexibility index (Phi) is 11.9. The standard InChI is InChI=1S/C36H40FN3O5S/c1-4-23-38-36(42)34(24-28-9-7-6-8-10-28)39(25-29-13-15-30(37)16-14-29)35(41)26-40(31-17-19-32(20-18-31)45-5-2)46(43,44)33-21-11-27(3)12-22-33/h6-22,34H,4-5,23-26H2,1-3H3,(H,38,42)/t34-/m0/s1. The molecule has 0 spiro atoms. The first-order valence-electron chi connectivity index (χ1n) is 15.3. The maximum atomic E-state index is 14.5. The molecule has 1 N–H and O–H groups in total. The summed E-state index contributed by atoms with van der Waals surface area (Å²) in [6, 6.07) is 26.9. The molecule has 4 aromatic rings. The van der Waals surface area contributed by atoms with Crippen LogP contribution in [-0.2, 0) is 32.6 Å². The normalized spacial score (nSPS) is 11.8. The van der Waals surface area contributed by atoms with Crippen molar-refractivity contribution in [2.45, 2.75) is 51.1 Å². The monoisotopic (exact) mass is 645 g/mol. The van der Waals surface area contributed by atoms with Gasteiger partial charge in [-0.15, -0.1) is 0 Å². The van der Waals surface area contributed by atoms with Gasteiger partial charge in [-0.2, -0.15) is 0 Å². The average Bonchev–Trinajstić information content (AvgIpc) is 3.06. The number of anilines is 1. The Labute approximate surface area is 270 Å². The first-order chi connectivity index (χ1) is 22.1. The van der Waals surface area contributed by atoms with Crippen LogP contribution in [0.15, 0.2) is 108 Å². The van der Waals surface area contributed by atoms with Crippen LogP contribution in [0.25, 0.3) is 0 Å². The molecule has 0 aliphatic rings. The molecule has 0 radical (unpaired) electrons. The zero-order chi connectivity index (χ0) is 33.1. The molecule has 0 heterocycles. The number of carbonyl (C=O) groups is 2. The molecule has 0 aliphatic carbocycles. The fourth-order valence-corrected chi connectivity index (χ4v) is 6.36. The zero-order valence-corrected chi connectivity index (χ0v) is 27.2. The maximum absolute atomic E-state index is 14.5. The number of carbonyl (C=O) groups excluding carboxylic acids is 2. The van der Waals surface area contributed by atoms with Crippen molar-refractivity contribution in [3.8, 4) is 5.75 Å². The summed E-state index contributed by atoms with van der Waals surface area (Å²) in [5.41, 5.74) is 2.56. The van der Waals surface area contributed by atoms with Crippen molar-refractivity contribution in [1.82, 2.24) is 10.2 Å². The van der Waals surface area contributed by atoms with Gasteiger partial charge in [0, 0.05) is 19.5 Å². The molecule has 46 heavy (non-hydrogen) atoms. The van der Waals surface area contributed by atoms with Gasteiger partial charge in [0.2, 0.25) is 11.8 Å². The molecule has 2 amide bonds. The minimum absolute atomic E-state index is 0.0198. The third-order valence-electron chi connectivity index (χ3n) is 7.41. The third-order valence-corrected chi connectivity index (χ3v) is 9.20. The van der Waals surface area contributed by atoms with Crippen molar-refractivity contribution in [2.75, 3.05) is 24.0 Å². The number of ether oxygens (including phenoxy) is 1. The minimum atomic E-state index is -4.23. The predicted molar refractivity (Wildman–Crippen MR) is 178 cm³/mol. The van der Waals surface area contributed by atoms with Gasteiger partial charge in [0.25, 0.3) is 10.0 Å². The van der Waals surface area contributed by atoms with E-state index in [9.17, 15) is 22.4 Å². The molecular weight excluding hydrogens is 605 g/mol. The number of aryl methyl sites for hydroxylation is 1. The quantitative estimate of drug-likeness (QED) is 0.174. The van der Waals surface area contributed by atoms with Gasteiger partial charge in [-0.1, -0.05) is 67.1 Å². The lowest BCUT2D eigenvalue weighted by atomic mass is 10.0. The van der Waals surface area contributed by atoms with Crippen LogP contribution in [0.3, 0.4) is 0 Å². The van der Waals surface area contributed by atoms with Gasteiger partial charge in [-0.3, -0.25) is 13.9 Å². The highest BCUT2D eigenvalue weighted by Crippen LogP contribution is 2.27. The van der Waals surface area contributed by atoms with E-state index < -0.39 is 34.3 Å². The summed E-state index contributed by atoms with van der Waals surface area (Å²) >= 11 is 0. The van der Waals surface area contributed by atoms with Crippen LogP contribution < -0.4 is 14.4 Å². The fraction of sp³-hybridized carbons (Fsp3) is 0.278. The number of nitrogens with zero attached hydrogens (tertiary/aromatic N) is 2. The van der Waals surface area contributed by atoms with Crippen LogP contribution in [0, 0.1) is 12.7 Å². The minimum Gasteiger partial charge on any atom is -0.494 e. The molecule has 0 saturated heterocycles. The lowest BCUT2D eigenvalue weighted by molar-refractivity contribution is -0.140. The molecule has 4 aromatic carbocycles. The largest absolute Gasteiger partial charge is 0.494 e. The Morgan fingerprint density at radius 3 is 2.11 bits per heavy atom. The van der Waals surface area contributed by atoms with Crippen molar-refractivity contribution >= 4 is 27.5 Å². The van der Waals surface area contributed by atoms with Gasteiger partial charge >= 0.3 is 0 Å². The molecule has 242 valence electrons. The second kappa shape index (κ2) is 16.0. The summed E-state index contributed by atoms with van der Waals surface area (Å²) in [6.45, 7) is 5.84. The summed E-state index contributed by atoms with van der Waals surface area (Å²) in [7, 11) is -4.23. The maximum Gasteiger partial charge on any atom is 0.264 e. The number of benzene rings is 4. The van der Waals surface area contributed by atoms with E-state index in [0.29, 0.717) is 30.9 Å². The van der Waals surface area contributed by atoms with E-state index in [1.54, 1.807) is 48.5 Å². The average molecular weight is 646 g/mol. The number of halogens is 1. The summed E-state index contributed by atoms with van der Waals surface area (Å²) in [5, 5.41) is 2.91. The first-order valence-corrected chi connectivity index (χ1v) is 16.7. The van der Waals surface area contributed by atoms with Crippen LogP contribution in [0.5, 0.6) is 5.75 Å². The Hall–Kier alpha value is -4.70. The molecule has 0 fully saturated rings. The van der Waals surface area contributed by atoms with Gasteiger partial charge in [0.1, 0.15) is 24.2 Å². The van der Waals surface area contributed by atoms with E-state index in [4.69, 9.17) is 4.74 Å². The van der Waals surface area contributed by atoms with E-state index in [2.05, 4.69) is 5.32 Å². The van der Waals surface area contributed by atoms with Gasteiger partial charge in [-0.05, 0) is 79.9 Å². The summed E-state index contributed by atoms with van der Waals surface area (Å²) in [5.74, 6) is -0.843. The van der Waals surface area contributed by atoms with E-state index in [0.717, 1.165) is 15.4 Å². The molecule has 10 heteroatoms. The van der Waals surface area contributed by atoms with Gasteiger partial charge in [0.15, 0.2) is 0 Å². The highest BCUT2D eigenvalue weighted by molar-refractivity contribution is 7.92. The first kappa shape index (κ1) is 34.2. The van der Waals surface area contributed by atoms with Crippen LogP contribution in [0.2, 0.25) is 0 Å². The number of hydrogen-bond acceptors (Lipinski definition) is 5. The predicted octanol–water partition coefficient (Wildman–Crippen LogP) is 5.89. The van der Waals surface area contributed by atoms with Crippen molar-refractivity contribution in [3.63, 3.8) is 0 Å². The number of amides is 2. The molecule has 8 nitrogen and oxygen atoms in total. The topological polar surface area (TPSA) is 96.0 Å². The molecule has 0 aromatic heterocycles. The van der Waals surface area contributed by atoms with Gasteiger partial charge < -0.3 is 15.0 Å². The molecule has 0 saturated carbocycles. The van der Waals surface area contributed by atoms with Gasteiger partial charge in [-0.25, -0.2) is 12.8 Å². The van der Waals surface area contributed by atoms with Gasteiger partial charge in [0.05, 0.1) is 17.2 Å². The second-order valence-corrected chi connectivity index (χ2v) is 12.8. The lowest BCUT2D eigenvalue weighted by Gasteiger charge is -2.34. The number of sulfonamides is 1. The van der Waals surface area contributed by atoms with Crippen LogP contribution in [0.1, 0.15) is 37.0 Å². The molecule has 0 aliphatic heterocycles. The van der Waals surface area contributed by atoms with Crippen LogP contribution >= 0.6 is 0 Å². The van der Waals surface area contributed by atoms with Crippen LogP contribution in [0.4, 0.5) is 10.1 Å². The molecular formula is C36H40FN3O5S. The van der Waals surface area contributed by atoms with Crippen molar-refractivity contribution < 1.29 is 27.1 Å². The van der Waals surface area contributed by atoms with E-state index in [1.165, 1.54) is 29.2 Å². The van der Waals surface area contributed by atoms with E-state index in [1.807, 2.05) is 51.1 Å². The number of rotatable bonds is 15. The molecule has 4 rings (SSSR count). The second-order valence-electron chi connectivity index (χ2n) is 10.9. The SMILES string of the molecule is CCCNC(=O)[C@H](Cc1ccccc1)N(Cc1ccc(F)cc1)C(=O)CN(c1ccc(OCC)cc1)S(=O)(=O)c1ccc(C)cc1. The van der Waals surface area contributed by atoms with E-state index >= 15 is 0 Å². The van der Waals surface area contributed by atoms with Crippen molar-refractivity contribution in [3.05, 3.63) is 126 Å². The number of hydrogen-bond donors (Lipinski definition) is 1. The Morgan fingerprint density at radius 2 is 1.50 bits per heavy atom. The van der Waals surface area contributed by atoms with Crippen LogP contribution in [-0.4, -0.2) is 50.9 Å². The zero-order valence-electron chi connectivity index (χ0n) is 26.4. The molecule has 1 atom stereocenters. The summed E-state index contributed by atoms with van der Waals surface area (Å²) in [6.07, 6.45) is 0.882. The van der Waals surface area contributed by atoms with Crippen molar-refractivity contribution in [1.29, 1.82) is 0 Å². The fourth-order valence-electron chi connectivity index (χ4n) is 4.95. The Morgan fingerprint density at radius 1 is 0.848 bits per heavy atom. The summed E-state index contributed by atoms with van der Waals surface area (Å²) < 4.78 is 48.7. The Balaban J connectivity index is 1.79.